The minimum atomic E-state index is -3.08. The first-order valence-corrected chi connectivity index (χ1v) is 8.07. The van der Waals surface area contributed by atoms with Gasteiger partial charge >= 0.3 is 0 Å². The second kappa shape index (κ2) is 3.55. The van der Waals surface area contributed by atoms with Gasteiger partial charge in [0.15, 0.2) is 9.84 Å². The molecule has 1 atom stereocenters. The van der Waals surface area contributed by atoms with Gasteiger partial charge in [-0.05, 0) is 6.42 Å². The van der Waals surface area contributed by atoms with Gasteiger partial charge in [-0.3, -0.25) is 4.90 Å². The summed E-state index contributed by atoms with van der Waals surface area (Å²) in [5.41, 5.74) is 0. The zero-order valence-electron chi connectivity index (χ0n) is 7.59. The van der Waals surface area contributed by atoms with E-state index in [-0.39, 0.29) is 5.75 Å². The number of hydrogen-bond donors (Lipinski definition) is 2. The molecule has 0 bridgehead atoms. The molecule has 1 unspecified atom stereocenters. The van der Waals surface area contributed by atoms with Crippen LogP contribution >= 0.6 is 22.5 Å². The Morgan fingerprint density at radius 2 is 2.21 bits per heavy atom. The fourth-order valence-corrected chi connectivity index (χ4v) is 5.33. The molecular formula is C7H13NO3S3. The van der Waals surface area contributed by atoms with E-state index in [0.717, 1.165) is 5.88 Å². The predicted molar refractivity (Wildman–Crippen MR) is 60.2 cm³/mol. The van der Waals surface area contributed by atoms with Crippen LogP contribution in [0, 0.1) is 0 Å². The van der Waals surface area contributed by atoms with E-state index < -0.39 is 20.7 Å². The monoisotopic (exact) mass is 255 g/mol. The molecule has 82 valence electrons. The molecule has 0 aromatic rings. The Balaban J connectivity index is 2.07. The van der Waals surface area contributed by atoms with E-state index in [4.69, 9.17) is 0 Å². The summed E-state index contributed by atoms with van der Waals surface area (Å²) < 4.78 is 22.8. The van der Waals surface area contributed by atoms with Crippen molar-refractivity contribution in [2.75, 3.05) is 24.7 Å². The molecule has 1 spiro atoms. The first-order chi connectivity index (χ1) is 6.49. The fourth-order valence-electron chi connectivity index (χ4n) is 2.31. The number of hydrogen-bond acceptors (Lipinski definition) is 6. The molecule has 2 aliphatic heterocycles. The molecule has 2 heterocycles. The Bertz CT molecular complexity index is 323. The highest BCUT2D eigenvalue weighted by Gasteiger charge is 2.58. The lowest BCUT2D eigenvalue weighted by Crippen LogP contribution is -2.63. The summed E-state index contributed by atoms with van der Waals surface area (Å²) in [6.45, 7) is 1.11. The molecule has 0 radical (unpaired) electrons. The van der Waals surface area contributed by atoms with E-state index >= 15 is 0 Å². The van der Waals surface area contributed by atoms with Crippen molar-refractivity contribution in [1.29, 1.82) is 0 Å². The van der Waals surface area contributed by atoms with Gasteiger partial charge in [0, 0.05) is 13.1 Å². The molecule has 0 aromatic carbocycles. The lowest BCUT2D eigenvalue weighted by atomic mass is 9.94. The van der Waals surface area contributed by atoms with Crippen molar-refractivity contribution >= 4 is 32.3 Å². The third kappa shape index (κ3) is 1.59. The number of aliphatic hydroxyl groups excluding tert-OH is 1. The van der Waals surface area contributed by atoms with Gasteiger partial charge in [-0.2, -0.15) is 0 Å². The van der Waals surface area contributed by atoms with E-state index in [2.05, 4.69) is 11.7 Å². The summed E-state index contributed by atoms with van der Waals surface area (Å²) in [5, 5.41) is 9.36. The van der Waals surface area contributed by atoms with Crippen molar-refractivity contribution in [1.82, 2.24) is 4.90 Å². The predicted octanol–water partition coefficient (Wildman–Crippen LogP) is -0.244. The Hall–Kier alpha value is 0.570. The van der Waals surface area contributed by atoms with E-state index in [9.17, 15) is 13.5 Å². The SMILES string of the molecule is O=S1(=O)CC(O)CC12CN(CSS)C2. The van der Waals surface area contributed by atoms with Crippen LogP contribution in [-0.4, -0.2) is 54.0 Å². The van der Waals surface area contributed by atoms with E-state index in [1.165, 1.54) is 10.8 Å². The Morgan fingerprint density at radius 1 is 1.57 bits per heavy atom. The largest absolute Gasteiger partial charge is 0.392 e. The molecule has 0 saturated carbocycles. The Kier molecular flexibility index (Phi) is 2.81. The van der Waals surface area contributed by atoms with Crippen molar-refractivity contribution < 1.29 is 13.5 Å². The van der Waals surface area contributed by atoms with Crippen LogP contribution in [-0.2, 0) is 9.84 Å². The van der Waals surface area contributed by atoms with Gasteiger partial charge in [0.25, 0.3) is 0 Å². The Morgan fingerprint density at radius 3 is 2.64 bits per heavy atom. The van der Waals surface area contributed by atoms with E-state index in [1.807, 2.05) is 4.90 Å². The van der Waals surface area contributed by atoms with Crippen molar-refractivity contribution in [2.24, 2.45) is 0 Å². The molecule has 1 N–H and O–H groups in total. The van der Waals surface area contributed by atoms with Crippen molar-refractivity contribution in [2.45, 2.75) is 17.3 Å². The highest BCUT2D eigenvalue weighted by molar-refractivity contribution is 8.68. The summed E-state index contributed by atoms with van der Waals surface area (Å²) in [6, 6.07) is 0. The van der Waals surface area contributed by atoms with Gasteiger partial charge in [-0.1, -0.05) is 10.8 Å². The molecule has 4 nitrogen and oxygen atoms in total. The normalized spacial score (nSPS) is 34.6. The number of nitrogens with zero attached hydrogens (tertiary/aromatic N) is 1. The molecule has 2 saturated heterocycles. The number of likely N-dealkylation sites (tertiary alicyclic amines) is 1. The maximum absolute atomic E-state index is 11.7. The van der Waals surface area contributed by atoms with Gasteiger partial charge in [-0.25, -0.2) is 8.42 Å². The summed E-state index contributed by atoms with van der Waals surface area (Å²) in [6.07, 6.45) is -0.255. The van der Waals surface area contributed by atoms with Gasteiger partial charge in [0.1, 0.15) is 4.75 Å². The molecule has 2 fully saturated rings. The zero-order chi connectivity index (χ0) is 10.4. The molecule has 2 aliphatic rings. The minimum absolute atomic E-state index is 0.0607. The quantitative estimate of drug-likeness (QED) is 0.527. The van der Waals surface area contributed by atoms with E-state index in [0.29, 0.717) is 19.5 Å². The number of thiol groups is 1. The van der Waals surface area contributed by atoms with Gasteiger partial charge in [0.2, 0.25) is 0 Å². The molecular weight excluding hydrogens is 242 g/mol. The first kappa shape index (κ1) is 11.1. The topological polar surface area (TPSA) is 57.6 Å². The van der Waals surface area contributed by atoms with E-state index in [1.54, 1.807) is 0 Å². The third-order valence-corrected chi connectivity index (χ3v) is 6.34. The molecule has 0 aromatic heterocycles. The highest BCUT2D eigenvalue weighted by Crippen LogP contribution is 2.40. The number of aliphatic hydroxyl groups is 1. The standard InChI is InChI=1S/C7H13NO3S3/c9-6-1-7(14(10,11)2-6)3-8(4-7)5-13-12/h6,9,12H,1-5H2. The lowest BCUT2D eigenvalue weighted by molar-refractivity contribution is 0.106. The minimum Gasteiger partial charge on any atom is -0.392 e. The van der Waals surface area contributed by atoms with Gasteiger partial charge < -0.3 is 5.11 Å². The van der Waals surface area contributed by atoms with Crippen molar-refractivity contribution in [3.63, 3.8) is 0 Å². The summed E-state index contributed by atoms with van der Waals surface area (Å²) in [5.74, 6) is 0.686. The fraction of sp³-hybridized carbons (Fsp3) is 1.00. The number of sulfone groups is 1. The van der Waals surface area contributed by atoms with Crippen LogP contribution in [0.5, 0.6) is 0 Å². The van der Waals surface area contributed by atoms with Crippen LogP contribution in [0.2, 0.25) is 0 Å². The molecule has 0 amide bonds. The molecule has 7 heteroatoms. The number of rotatable bonds is 2. The van der Waals surface area contributed by atoms with Crippen LogP contribution in [0.4, 0.5) is 0 Å². The van der Waals surface area contributed by atoms with Gasteiger partial charge in [-0.15, -0.1) is 11.7 Å². The van der Waals surface area contributed by atoms with Gasteiger partial charge in [0.05, 0.1) is 17.7 Å². The second-order valence-electron chi connectivity index (χ2n) is 4.07. The van der Waals surface area contributed by atoms with Crippen LogP contribution in [0.3, 0.4) is 0 Å². The molecule has 2 rings (SSSR count). The smallest absolute Gasteiger partial charge is 0.161 e. The molecule has 0 aliphatic carbocycles. The summed E-state index contributed by atoms with van der Waals surface area (Å²) >= 11 is 4.02. The molecule has 14 heavy (non-hydrogen) atoms. The highest BCUT2D eigenvalue weighted by atomic mass is 33.1. The van der Waals surface area contributed by atoms with Crippen molar-refractivity contribution in [3.05, 3.63) is 0 Å². The van der Waals surface area contributed by atoms with Crippen LogP contribution < -0.4 is 0 Å². The first-order valence-electron chi connectivity index (χ1n) is 4.38. The second-order valence-corrected chi connectivity index (χ2v) is 7.79. The van der Waals surface area contributed by atoms with Crippen LogP contribution in [0.15, 0.2) is 0 Å². The summed E-state index contributed by atoms with van der Waals surface area (Å²) in [7, 11) is -1.68. The maximum atomic E-state index is 11.7. The van der Waals surface area contributed by atoms with Crippen LogP contribution in [0.1, 0.15) is 6.42 Å². The Labute approximate surface area is 92.8 Å². The zero-order valence-corrected chi connectivity index (χ0v) is 10.1. The van der Waals surface area contributed by atoms with Crippen LogP contribution in [0.25, 0.3) is 0 Å². The lowest BCUT2D eigenvalue weighted by Gasteiger charge is -2.46. The van der Waals surface area contributed by atoms with Crippen molar-refractivity contribution in [3.8, 4) is 0 Å². The maximum Gasteiger partial charge on any atom is 0.161 e. The average Bonchev–Trinajstić information content (AvgIpc) is 2.20. The third-order valence-electron chi connectivity index (χ3n) is 2.94. The average molecular weight is 255 g/mol. The summed E-state index contributed by atoms with van der Waals surface area (Å²) in [4.78, 5) is 2.03.